The van der Waals surface area contributed by atoms with Gasteiger partial charge in [0, 0.05) is 21.2 Å². The number of benzene rings is 1. The number of nitrogens with two attached hydrogens (primary N) is 1. The first-order valence-electron chi connectivity index (χ1n) is 4.49. The molecule has 0 aliphatic rings. The van der Waals surface area contributed by atoms with E-state index in [1.165, 1.54) is 0 Å². The second-order valence-electron chi connectivity index (χ2n) is 3.21. The predicted octanol–water partition coefficient (Wildman–Crippen LogP) is 2.26. The van der Waals surface area contributed by atoms with Crippen LogP contribution in [0.1, 0.15) is 12.0 Å². The summed E-state index contributed by atoms with van der Waals surface area (Å²) in [6.07, 6.45) is 1.39. The van der Waals surface area contributed by atoms with E-state index in [4.69, 9.17) is 10.8 Å². The molecule has 3 N–H and O–H groups in total. The van der Waals surface area contributed by atoms with E-state index in [-0.39, 0.29) is 10.9 Å². The molecule has 0 saturated carbocycles. The van der Waals surface area contributed by atoms with Crippen LogP contribution in [0, 0.1) is 0 Å². The largest absolute Gasteiger partial charge is 0.508 e. The number of aromatic hydroxyl groups is 1. The average molecular weight is 337 g/mol. The smallest absolute Gasteiger partial charge is 0.215 e. The van der Waals surface area contributed by atoms with Crippen molar-refractivity contribution < 1.29 is 9.90 Å². The van der Waals surface area contributed by atoms with E-state index in [0.29, 0.717) is 6.42 Å². The van der Waals surface area contributed by atoms with Crippen LogP contribution in [0.15, 0.2) is 24.3 Å². The molecule has 0 aliphatic carbocycles. The third-order valence-electron chi connectivity index (χ3n) is 2.06. The Labute approximate surface area is 105 Å². The molecule has 0 spiro atoms. The first-order valence-corrected chi connectivity index (χ1v) is 7.85. The van der Waals surface area contributed by atoms with Crippen molar-refractivity contribution in [2.75, 3.05) is 0 Å². The van der Waals surface area contributed by atoms with E-state index in [9.17, 15) is 4.79 Å². The summed E-state index contributed by atoms with van der Waals surface area (Å²) in [5.74, 6) is 0.252. The van der Waals surface area contributed by atoms with Gasteiger partial charge in [-0.15, -0.1) is 0 Å². The highest BCUT2D eigenvalue weighted by Gasteiger charge is 2.12. The van der Waals surface area contributed by atoms with Gasteiger partial charge < -0.3 is 10.8 Å². The van der Waals surface area contributed by atoms with Gasteiger partial charge in [-0.25, -0.2) is 0 Å². The molecule has 0 radical (unpaired) electrons. The number of aryl methyl sites for hydroxylation is 1. The second-order valence-corrected chi connectivity index (χ2v) is 5.09. The maximum Gasteiger partial charge on any atom is 0.215 e. The van der Waals surface area contributed by atoms with Crippen LogP contribution in [0.3, 0.4) is 0 Å². The van der Waals surface area contributed by atoms with Crippen LogP contribution in [0.25, 0.3) is 0 Å². The van der Waals surface area contributed by atoms with E-state index >= 15 is 0 Å². The van der Waals surface area contributed by atoms with Crippen LogP contribution in [0.2, 0.25) is 0 Å². The Balaban J connectivity index is 2.43. The van der Waals surface area contributed by atoms with E-state index in [2.05, 4.69) is 0 Å². The molecule has 0 aromatic heterocycles. The van der Waals surface area contributed by atoms with Gasteiger partial charge in [0.2, 0.25) is 5.12 Å². The molecular weight excluding hydrogens is 325 g/mol. The van der Waals surface area contributed by atoms with Gasteiger partial charge in [-0.2, -0.15) is 0 Å². The van der Waals surface area contributed by atoms with Crippen molar-refractivity contribution in [3.05, 3.63) is 29.8 Å². The third-order valence-corrected chi connectivity index (χ3v) is 3.82. The summed E-state index contributed by atoms with van der Waals surface area (Å²) >= 11 is 1.94. The van der Waals surface area contributed by atoms with Gasteiger partial charge >= 0.3 is 0 Å². The number of phenols is 1. The number of phenolic OH excluding ortho intramolecular Hbond substituents is 1. The standard InChI is InChI=1S/C10H12INO2S/c11-15-10(14)9(12)6-3-7-1-4-8(13)5-2-7/h1-2,4-5,9,13H,3,6,12H2/t9-/m0/s1. The molecule has 0 amide bonds. The van der Waals surface area contributed by atoms with Gasteiger partial charge in [0.1, 0.15) is 5.75 Å². The number of carbonyl (C=O) groups excluding carboxylic acids is 1. The summed E-state index contributed by atoms with van der Waals surface area (Å²) in [6.45, 7) is 0. The average Bonchev–Trinajstić information content (AvgIpc) is 2.26. The van der Waals surface area contributed by atoms with Crippen molar-refractivity contribution >= 4 is 35.3 Å². The van der Waals surface area contributed by atoms with Crippen LogP contribution in [0.4, 0.5) is 0 Å². The Hall–Kier alpha value is -0.270. The summed E-state index contributed by atoms with van der Waals surface area (Å²) in [4.78, 5) is 11.2. The number of halogens is 1. The van der Waals surface area contributed by atoms with Crippen molar-refractivity contribution in [1.82, 2.24) is 0 Å². The minimum absolute atomic E-state index is 0.00868. The summed E-state index contributed by atoms with van der Waals surface area (Å²) in [7, 11) is 1.14. The lowest BCUT2D eigenvalue weighted by molar-refractivity contribution is -0.112. The van der Waals surface area contributed by atoms with E-state index in [1.807, 2.05) is 33.3 Å². The minimum Gasteiger partial charge on any atom is -0.508 e. The highest BCUT2D eigenvalue weighted by Crippen LogP contribution is 2.17. The normalized spacial score (nSPS) is 12.4. The molecule has 1 aromatic carbocycles. The first-order chi connectivity index (χ1) is 7.13. The molecule has 0 bridgehead atoms. The molecule has 82 valence electrons. The lowest BCUT2D eigenvalue weighted by Gasteiger charge is -2.07. The Bertz CT molecular complexity index is 329. The van der Waals surface area contributed by atoms with Crippen LogP contribution in [-0.4, -0.2) is 16.3 Å². The SMILES string of the molecule is N[C@@H](CCc1ccc(O)cc1)C(=O)SI. The van der Waals surface area contributed by atoms with Crippen LogP contribution >= 0.6 is 30.1 Å². The number of hydrogen-bond donors (Lipinski definition) is 2. The Kier molecular flexibility index (Phi) is 5.41. The maximum absolute atomic E-state index is 11.2. The maximum atomic E-state index is 11.2. The second kappa shape index (κ2) is 6.34. The summed E-state index contributed by atoms with van der Waals surface area (Å²) in [5, 5.41) is 9.09. The molecule has 3 nitrogen and oxygen atoms in total. The van der Waals surface area contributed by atoms with Crippen LogP contribution in [-0.2, 0) is 11.2 Å². The highest BCUT2D eigenvalue weighted by atomic mass is 127. The summed E-state index contributed by atoms with van der Waals surface area (Å²) in [5.41, 5.74) is 6.76. The summed E-state index contributed by atoms with van der Waals surface area (Å²) in [6, 6.07) is 6.54. The molecule has 15 heavy (non-hydrogen) atoms. The Morgan fingerprint density at radius 2 is 2.07 bits per heavy atom. The van der Waals surface area contributed by atoms with Crippen LogP contribution < -0.4 is 5.73 Å². The molecule has 0 heterocycles. The van der Waals surface area contributed by atoms with Crippen molar-refractivity contribution in [3.63, 3.8) is 0 Å². The zero-order valence-electron chi connectivity index (χ0n) is 8.02. The monoisotopic (exact) mass is 337 g/mol. The first kappa shape index (κ1) is 12.8. The van der Waals surface area contributed by atoms with Gasteiger partial charge in [0.05, 0.1) is 6.04 Å². The lowest BCUT2D eigenvalue weighted by Crippen LogP contribution is -2.28. The molecule has 0 saturated heterocycles. The molecule has 0 aliphatic heterocycles. The Morgan fingerprint density at radius 3 is 2.60 bits per heavy atom. The fourth-order valence-corrected chi connectivity index (χ4v) is 2.37. The molecule has 5 heteroatoms. The minimum atomic E-state index is -0.402. The quantitative estimate of drug-likeness (QED) is 0.828. The molecule has 1 rings (SSSR count). The van der Waals surface area contributed by atoms with E-state index in [1.54, 1.807) is 12.1 Å². The topological polar surface area (TPSA) is 63.3 Å². The molecule has 0 fully saturated rings. The van der Waals surface area contributed by atoms with Gasteiger partial charge in [0.15, 0.2) is 0 Å². The number of carbonyl (C=O) groups is 1. The van der Waals surface area contributed by atoms with Gasteiger partial charge in [-0.1, -0.05) is 12.1 Å². The lowest BCUT2D eigenvalue weighted by atomic mass is 10.1. The highest BCUT2D eigenvalue weighted by molar-refractivity contribution is 14.2. The number of rotatable bonds is 4. The number of hydrogen-bond acceptors (Lipinski definition) is 4. The van der Waals surface area contributed by atoms with Crippen molar-refractivity contribution in [1.29, 1.82) is 0 Å². The molecule has 1 atom stereocenters. The molecular formula is C10H12INO2S. The fourth-order valence-electron chi connectivity index (χ4n) is 1.16. The van der Waals surface area contributed by atoms with Crippen LogP contribution in [0.5, 0.6) is 5.75 Å². The van der Waals surface area contributed by atoms with Gasteiger partial charge in [-0.3, -0.25) is 4.79 Å². The van der Waals surface area contributed by atoms with Crippen molar-refractivity contribution in [2.45, 2.75) is 18.9 Å². The fraction of sp³-hybridized carbons (Fsp3) is 0.300. The Morgan fingerprint density at radius 1 is 1.47 bits per heavy atom. The van der Waals surface area contributed by atoms with E-state index in [0.717, 1.165) is 20.9 Å². The molecule has 1 aromatic rings. The van der Waals surface area contributed by atoms with Gasteiger partial charge in [0.25, 0.3) is 0 Å². The van der Waals surface area contributed by atoms with Crippen molar-refractivity contribution in [3.8, 4) is 5.75 Å². The third kappa shape index (κ3) is 4.40. The van der Waals surface area contributed by atoms with Gasteiger partial charge in [-0.05, 0) is 39.5 Å². The van der Waals surface area contributed by atoms with E-state index < -0.39 is 6.04 Å². The molecule has 0 unspecified atom stereocenters. The zero-order valence-corrected chi connectivity index (χ0v) is 11.0. The zero-order chi connectivity index (χ0) is 11.3. The van der Waals surface area contributed by atoms with Crippen molar-refractivity contribution in [2.24, 2.45) is 5.73 Å². The summed E-state index contributed by atoms with van der Waals surface area (Å²) < 4.78 is 0. The predicted molar refractivity (Wildman–Crippen MR) is 71.0 cm³/mol.